The van der Waals surface area contributed by atoms with Crippen LogP contribution in [-0.2, 0) is 11.3 Å². The predicted molar refractivity (Wildman–Crippen MR) is 124 cm³/mol. The lowest BCUT2D eigenvalue weighted by molar-refractivity contribution is -0.136. The van der Waals surface area contributed by atoms with E-state index < -0.39 is 0 Å². The van der Waals surface area contributed by atoms with Gasteiger partial charge in [-0.2, -0.15) is 0 Å². The van der Waals surface area contributed by atoms with Gasteiger partial charge in [0, 0.05) is 25.7 Å². The van der Waals surface area contributed by atoms with Crippen LogP contribution >= 0.6 is 0 Å². The number of likely N-dealkylation sites (tertiary alicyclic amines) is 1. The minimum atomic E-state index is -0.174. The Bertz CT molecular complexity index is 925. The molecular weight excluding hydrogens is 400 g/mol. The van der Waals surface area contributed by atoms with Crippen molar-refractivity contribution >= 4 is 11.8 Å². The normalized spacial score (nSPS) is 19.5. The number of amides is 2. The molecule has 0 unspecified atom stereocenters. The molecule has 4 rings (SSSR count). The van der Waals surface area contributed by atoms with Crippen LogP contribution in [0.2, 0.25) is 0 Å². The fraction of sp³-hybridized carbons (Fsp3) is 0.538. The smallest absolute Gasteiger partial charge is 0.254 e. The summed E-state index contributed by atoms with van der Waals surface area (Å²) in [4.78, 5) is 37.0. The van der Waals surface area contributed by atoms with E-state index in [1.807, 2.05) is 42.2 Å². The van der Waals surface area contributed by atoms with Crippen LogP contribution in [-0.4, -0.2) is 33.2 Å². The average molecular weight is 435 g/mol. The van der Waals surface area contributed by atoms with Crippen LogP contribution in [0.1, 0.15) is 91.3 Å². The molecule has 170 valence electrons. The highest BCUT2D eigenvalue weighted by molar-refractivity contribution is 5.94. The Morgan fingerprint density at radius 2 is 1.78 bits per heavy atom. The van der Waals surface area contributed by atoms with E-state index in [1.165, 1.54) is 32.1 Å². The van der Waals surface area contributed by atoms with Gasteiger partial charge in [0.1, 0.15) is 0 Å². The van der Waals surface area contributed by atoms with Gasteiger partial charge in [0.05, 0.1) is 17.3 Å². The lowest BCUT2D eigenvalue weighted by atomic mass is 9.86. The fourth-order valence-corrected chi connectivity index (χ4v) is 5.00. The van der Waals surface area contributed by atoms with Gasteiger partial charge in [-0.05, 0) is 50.5 Å². The van der Waals surface area contributed by atoms with Crippen molar-refractivity contribution in [2.24, 2.45) is 5.92 Å². The van der Waals surface area contributed by atoms with E-state index in [1.54, 1.807) is 6.20 Å². The standard InChI is InChI=1S/C26H34N4O2/c1-19-22(26(32)28-17-21-12-6-3-7-13-21)18-27-25(29-19)23-14-8-9-15-30(23)24(31)16-20-10-4-2-5-11-20/h3,6-7,12-13,18,20,23H,2,4-5,8-11,14-17H2,1H3,(H,28,32)/t23-/m1/s1. The molecule has 1 aromatic heterocycles. The molecule has 0 spiro atoms. The monoisotopic (exact) mass is 434 g/mol. The molecule has 1 aromatic carbocycles. The van der Waals surface area contributed by atoms with E-state index in [0.29, 0.717) is 36.0 Å². The second kappa shape index (κ2) is 10.7. The van der Waals surface area contributed by atoms with Gasteiger partial charge in [-0.1, -0.05) is 49.6 Å². The van der Waals surface area contributed by atoms with Gasteiger partial charge in [0.15, 0.2) is 5.82 Å². The molecule has 2 aliphatic rings. The van der Waals surface area contributed by atoms with Crippen LogP contribution in [0, 0.1) is 12.8 Å². The number of rotatable bonds is 6. The molecular formula is C26H34N4O2. The molecule has 1 atom stereocenters. The zero-order chi connectivity index (χ0) is 22.3. The van der Waals surface area contributed by atoms with Crippen molar-refractivity contribution < 1.29 is 9.59 Å². The van der Waals surface area contributed by atoms with E-state index in [-0.39, 0.29) is 17.9 Å². The minimum absolute atomic E-state index is 0.0834. The number of aromatic nitrogens is 2. The number of carbonyl (C=O) groups excluding carboxylic acids is 2. The quantitative estimate of drug-likeness (QED) is 0.713. The molecule has 0 radical (unpaired) electrons. The molecule has 2 aromatic rings. The molecule has 1 aliphatic carbocycles. The maximum atomic E-state index is 13.1. The Hall–Kier alpha value is -2.76. The van der Waals surface area contributed by atoms with Gasteiger partial charge in [-0.25, -0.2) is 9.97 Å². The van der Waals surface area contributed by atoms with Crippen LogP contribution in [0.5, 0.6) is 0 Å². The Morgan fingerprint density at radius 1 is 1.03 bits per heavy atom. The van der Waals surface area contributed by atoms with Gasteiger partial charge < -0.3 is 10.2 Å². The van der Waals surface area contributed by atoms with Crippen molar-refractivity contribution in [2.75, 3.05) is 6.54 Å². The lowest BCUT2D eigenvalue weighted by Crippen LogP contribution is -2.40. The molecule has 2 heterocycles. The van der Waals surface area contributed by atoms with Crippen molar-refractivity contribution in [3.05, 3.63) is 59.2 Å². The van der Waals surface area contributed by atoms with E-state index in [9.17, 15) is 9.59 Å². The SMILES string of the molecule is Cc1nc([C@H]2CCCCN2C(=O)CC2CCCCC2)ncc1C(=O)NCc1ccccc1. The number of hydrogen-bond donors (Lipinski definition) is 1. The van der Waals surface area contributed by atoms with Crippen LogP contribution in [0.15, 0.2) is 36.5 Å². The molecule has 2 fully saturated rings. The largest absolute Gasteiger partial charge is 0.348 e. The van der Waals surface area contributed by atoms with Crippen molar-refractivity contribution in [3.8, 4) is 0 Å². The lowest BCUT2D eigenvalue weighted by Gasteiger charge is -2.36. The average Bonchev–Trinajstić information content (AvgIpc) is 2.84. The summed E-state index contributed by atoms with van der Waals surface area (Å²) in [6.45, 7) is 3.09. The number of nitrogens with one attached hydrogen (secondary N) is 1. The summed E-state index contributed by atoms with van der Waals surface area (Å²) in [5.74, 6) is 1.26. The molecule has 1 saturated heterocycles. The highest BCUT2D eigenvalue weighted by Crippen LogP contribution is 2.32. The van der Waals surface area contributed by atoms with Gasteiger partial charge in [0.25, 0.3) is 5.91 Å². The zero-order valence-corrected chi connectivity index (χ0v) is 19.1. The Balaban J connectivity index is 1.42. The Morgan fingerprint density at radius 3 is 2.53 bits per heavy atom. The molecule has 32 heavy (non-hydrogen) atoms. The topological polar surface area (TPSA) is 75.2 Å². The number of carbonyl (C=O) groups is 2. The third kappa shape index (κ3) is 5.53. The van der Waals surface area contributed by atoms with Gasteiger partial charge in [-0.3, -0.25) is 9.59 Å². The number of benzene rings is 1. The summed E-state index contributed by atoms with van der Waals surface area (Å²) in [6.07, 6.45) is 11.4. The highest BCUT2D eigenvalue weighted by atomic mass is 16.2. The molecule has 6 heteroatoms. The fourth-order valence-electron chi connectivity index (χ4n) is 5.00. The van der Waals surface area contributed by atoms with E-state index in [0.717, 1.165) is 31.4 Å². The number of hydrogen-bond acceptors (Lipinski definition) is 4. The van der Waals surface area contributed by atoms with Crippen molar-refractivity contribution in [1.29, 1.82) is 0 Å². The first-order valence-corrected chi connectivity index (χ1v) is 12.1. The number of aryl methyl sites for hydroxylation is 1. The summed E-state index contributed by atoms with van der Waals surface area (Å²) in [6, 6.07) is 9.74. The van der Waals surface area contributed by atoms with Crippen molar-refractivity contribution in [2.45, 2.75) is 77.3 Å². The summed E-state index contributed by atoms with van der Waals surface area (Å²) < 4.78 is 0. The van der Waals surface area contributed by atoms with Gasteiger partial charge in [-0.15, -0.1) is 0 Å². The van der Waals surface area contributed by atoms with Crippen LogP contribution < -0.4 is 5.32 Å². The second-order valence-corrected chi connectivity index (χ2v) is 9.20. The third-order valence-corrected chi connectivity index (χ3v) is 6.85. The highest BCUT2D eigenvalue weighted by Gasteiger charge is 2.31. The summed E-state index contributed by atoms with van der Waals surface area (Å²) in [5, 5.41) is 2.94. The van der Waals surface area contributed by atoms with Crippen molar-refractivity contribution in [3.63, 3.8) is 0 Å². The molecule has 1 N–H and O–H groups in total. The van der Waals surface area contributed by atoms with E-state index in [2.05, 4.69) is 15.3 Å². The third-order valence-electron chi connectivity index (χ3n) is 6.85. The first kappa shape index (κ1) is 22.4. The zero-order valence-electron chi connectivity index (χ0n) is 19.1. The summed E-state index contributed by atoms with van der Waals surface area (Å²) in [7, 11) is 0. The van der Waals surface area contributed by atoms with Gasteiger partial charge >= 0.3 is 0 Å². The Labute approximate surface area is 190 Å². The van der Waals surface area contributed by atoms with Crippen LogP contribution in [0.4, 0.5) is 0 Å². The maximum Gasteiger partial charge on any atom is 0.254 e. The summed E-state index contributed by atoms with van der Waals surface area (Å²) >= 11 is 0. The predicted octanol–water partition coefficient (Wildman–Crippen LogP) is 4.74. The molecule has 2 amide bonds. The first-order chi connectivity index (χ1) is 15.6. The number of piperidine rings is 1. The van der Waals surface area contributed by atoms with Crippen molar-refractivity contribution in [1.82, 2.24) is 20.2 Å². The Kier molecular flexibility index (Phi) is 7.51. The molecule has 1 aliphatic heterocycles. The second-order valence-electron chi connectivity index (χ2n) is 9.20. The minimum Gasteiger partial charge on any atom is -0.348 e. The molecule has 6 nitrogen and oxygen atoms in total. The van der Waals surface area contributed by atoms with E-state index >= 15 is 0 Å². The maximum absolute atomic E-state index is 13.1. The molecule has 1 saturated carbocycles. The van der Waals surface area contributed by atoms with E-state index in [4.69, 9.17) is 0 Å². The molecule has 0 bridgehead atoms. The first-order valence-electron chi connectivity index (χ1n) is 12.1. The number of nitrogens with zero attached hydrogens (tertiary/aromatic N) is 3. The van der Waals surface area contributed by atoms with Crippen LogP contribution in [0.3, 0.4) is 0 Å². The summed E-state index contributed by atoms with van der Waals surface area (Å²) in [5.41, 5.74) is 2.19. The van der Waals surface area contributed by atoms with Crippen LogP contribution in [0.25, 0.3) is 0 Å². The van der Waals surface area contributed by atoms with Gasteiger partial charge in [0.2, 0.25) is 5.91 Å².